The number of benzene rings is 1. The number of nitrogens with zero attached hydrogens (tertiary/aromatic N) is 2. The first kappa shape index (κ1) is 16.8. The fraction of sp³-hybridized carbons (Fsp3) is 0.625. The van der Waals surface area contributed by atoms with E-state index >= 15 is 0 Å². The zero-order chi connectivity index (χ0) is 16.6. The Labute approximate surface area is 136 Å². The summed E-state index contributed by atoms with van der Waals surface area (Å²) in [5.74, 6) is 0.00288. The van der Waals surface area contributed by atoms with E-state index in [0.29, 0.717) is 31.7 Å². The van der Waals surface area contributed by atoms with Gasteiger partial charge in [-0.15, -0.1) is 0 Å². The lowest BCUT2D eigenvalue weighted by Crippen LogP contribution is -2.59. The summed E-state index contributed by atoms with van der Waals surface area (Å²) in [5, 5.41) is 9.18. The zero-order valence-electron chi connectivity index (χ0n) is 13.3. The van der Waals surface area contributed by atoms with Gasteiger partial charge < -0.3 is 5.11 Å². The Kier molecular flexibility index (Phi) is 4.73. The minimum Gasteiger partial charge on any atom is -0.395 e. The Hall–Kier alpha value is -1.02. The highest BCUT2D eigenvalue weighted by Gasteiger charge is 2.46. The molecule has 5 nitrogen and oxygen atoms in total. The molecular formula is C16H23FN2O3S. The van der Waals surface area contributed by atoms with Gasteiger partial charge in [-0.2, -0.15) is 0 Å². The highest BCUT2D eigenvalue weighted by molar-refractivity contribution is 7.91. The van der Waals surface area contributed by atoms with E-state index in [1.54, 1.807) is 6.07 Å². The number of fused-ring (bicyclic) bond motifs is 1. The molecule has 2 atom stereocenters. The van der Waals surface area contributed by atoms with E-state index < -0.39 is 9.84 Å². The fourth-order valence-corrected chi connectivity index (χ4v) is 5.79. The highest BCUT2D eigenvalue weighted by Crippen LogP contribution is 2.28. The lowest BCUT2D eigenvalue weighted by atomic mass is 10.0. The lowest BCUT2D eigenvalue weighted by Gasteiger charge is -2.43. The molecule has 2 heterocycles. The summed E-state index contributed by atoms with van der Waals surface area (Å²) in [7, 11) is -3.08. The maximum Gasteiger partial charge on any atom is 0.153 e. The van der Waals surface area contributed by atoms with Crippen molar-refractivity contribution in [2.24, 2.45) is 0 Å². The van der Waals surface area contributed by atoms with Crippen LogP contribution in [0.2, 0.25) is 0 Å². The van der Waals surface area contributed by atoms with Gasteiger partial charge in [0, 0.05) is 43.8 Å². The largest absolute Gasteiger partial charge is 0.395 e. The molecule has 2 fully saturated rings. The molecule has 1 N–H and O–H groups in total. The maximum atomic E-state index is 14.0. The van der Waals surface area contributed by atoms with Crippen LogP contribution >= 0.6 is 0 Å². The summed E-state index contributed by atoms with van der Waals surface area (Å²) >= 11 is 0. The van der Waals surface area contributed by atoms with Gasteiger partial charge in [-0.05, 0) is 13.0 Å². The van der Waals surface area contributed by atoms with Crippen molar-refractivity contribution in [3.05, 3.63) is 35.1 Å². The number of aryl methyl sites for hydroxylation is 1. The molecule has 0 spiro atoms. The van der Waals surface area contributed by atoms with Crippen LogP contribution in [0, 0.1) is 12.7 Å². The van der Waals surface area contributed by atoms with Crippen LogP contribution in [-0.2, 0) is 16.4 Å². The molecule has 7 heteroatoms. The average molecular weight is 342 g/mol. The SMILES string of the molecule is Cc1ccc(F)c(CN2CCN(CCO)C3CS(=O)(=O)CC32)c1. The average Bonchev–Trinajstić information content (AvgIpc) is 2.81. The first-order valence-corrected chi connectivity index (χ1v) is 9.76. The predicted molar refractivity (Wildman–Crippen MR) is 86.4 cm³/mol. The van der Waals surface area contributed by atoms with Crippen LogP contribution in [-0.4, -0.2) is 73.2 Å². The molecule has 0 amide bonds. The number of hydrogen-bond donors (Lipinski definition) is 1. The van der Waals surface area contributed by atoms with E-state index in [1.165, 1.54) is 6.07 Å². The maximum absolute atomic E-state index is 14.0. The quantitative estimate of drug-likeness (QED) is 0.859. The number of sulfone groups is 1. The number of β-amino-alcohol motifs (C(OH)–C–C–N with tert-alkyl or cyclic N) is 1. The van der Waals surface area contributed by atoms with Crippen molar-refractivity contribution in [1.82, 2.24) is 9.80 Å². The third kappa shape index (κ3) is 3.57. The van der Waals surface area contributed by atoms with Gasteiger partial charge in [0.05, 0.1) is 18.1 Å². The molecule has 0 bridgehead atoms. The number of hydrogen-bond acceptors (Lipinski definition) is 5. The molecule has 0 saturated carbocycles. The number of rotatable bonds is 4. The standard InChI is InChI=1S/C16H23FN2O3S/c1-12-2-3-14(17)13(8-12)9-19-5-4-18(6-7-20)15-10-23(21,22)11-16(15)19/h2-3,8,15-16,20H,4-7,9-11H2,1H3. The number of aliphatic hydroxyl groups excluding tert-OH is 1. The summed E-state index contributed by atoms with van der Waals surface area (Å²) < 4.78 is 38.2. The smallest absolute Gasteiger partial charge is 0.153 e. The fourth-order valence-electron chi connectivity index (χ4n) is 3.74. The van der Waals surface area contributed by atoms with Crippen LogP contribution in [0.5, 0.6) is 0 Å². The van der Waals surface area contributed by atoms with Crippen molar-refractivity contribution in [1.29, 1.82) is 0 Å². The summed E-state index contributed by atoms with van der Waals surface area (Å²) in [5.41, 5.74) is 1.61. The minimum atomic E-state index is -3.08. The van der Waals surface area contributed by atoms with Gasteiger partial charge in [-0.25, -0.2) is 12.8 Å². The van der Waals surface area contributed by atoms with Gasteiger partial charge in [-0.3, -0.25) is 9.80 Å². The minimum absolute atomic E-state index is 0.0236. The highest BCUT2D eigenvalue weighted by atomic mass is 32.2. The Morgan fingerprint density at radius 2 is 1.87 bits per heavy atom. The van der Waals surface area contributed by atoms with Gasteiger partial charge in [0.1, 0.15) is 5.82 Å². The van der Waals surface area contributed by atoms with Crippen molar-refractivity contribution in [3.8, 4) is 0 Å². The van der Waals surface area contributed by atoms with Crippen LogP contribution in [0.25, 0.3) is 0 Å². The van der Waals surface area contributed by atoms with Crippen molar-refractivity contribution < 1.29 is 17.9 Å². The number of halogens is 1. The molecule has 3 rings (SSSR count). The Morgan fingerprint density at radius 3 is 2.57 bits per heavy atom. The number of aliphatic hydroxyl groups is 1. The lowest BCUT2D eigenvalue weighted by molar-refractivity contribution is 0.0302. The van der Waals surface area contributed by atoms with Crippen molar-refractivity contribution in [2.45, 2.75) is 25.6 Å². The molecule has 1 aromatic carbocycles. The van der Waals surface area contributed by atoms with E-state index in [1.807, 2.05) is 13.0 Å². The van der Waals surface area contributed by atoms with Crippen molar-refractivity contribution in [3.63, 3.8) is 0 Å². The topological polar surface area (TPSA) is 60.9 Å². The van der Waals surface area contributed by atoms with Gasteiger partial charge in [-0.1, -0.05) is 17.7 Å². The van der Waals surface area contributed by atoms with E-state index in [9.17, 15) is 17.9 Å². The number of piperazine rings is 1. The monoisotopic (exact) mass is 342 g/mol. The molecular weight excluding hydrogens is 319 g/mol. The van der Waals surface area contributed by atoms with Gasteiger partial charge >= 0.3 is 0 Å². The molecule has 2 unspecified atom stereocenters. The van der Waals surface area contributed by atoms with Gasteiger partial charge in [0.15, 0.2) is 9.84 Å². The van der Waals surface area contributed by atoms with Crippen LogP contribution in [0.4, 0.5) is 4.39 Å². The van der Waals surface area contributed by atoms with Crippen LogP contribution in [0.15, 0.2) is 18.2 Å². The van der Waals surface area contributed by atoms with Crippen molar-refractivity contribution in [2.75, 3.05) is 37.7 Å². The Balaban J connectivity index is 1.82. The zero-order valence-corrected chi connectivity index (χ0v) is 14.1. The summed E-state index contributed by atoms with van der Waals surface area (Å²) in [4.78, 5) is 4.14. The van der Waals surface area contributed by atoms with E-state index in [2.05, 4.69) is 9.80 Å². The van der Waals surface area contributed by atoms with E-state index in [0.717, 1.165) is 5.56 Å². The first-order chi connectivity index (χ1) is 10.9. The van der Waals surface area contributed by atoms with Gasteiger partial charge in [0.2, 0.25) is 0 Å². The second-order valence-electron chi connectivity index (χ2n) is 6.54. The molecule has 0 aliphatic carbocycles. The molecule has 128 valence electrons. The van der Waals surface area contributed by atoms with E-state index in [4.69, 9.17) is 0 Å². The second-order valence-corrected chi connectivity index (χ2v) is 8.69. The van der Waals surface area contributed by atoms with Crippen LogP contribution in [0.3, 0.4) is 0 Å². The Bertz CT molecular complexity index is 680. The molecule has 23 heavy (non-hydrogen) atoms. The molecule has 2 aliphatic rings. The summed E-state index contributed by atoms with van der Waals surface area (Å²) in [6, 6.07) is 4.80. The van der Waals surface area contributed by atoms with Crippen molar-refractivity contribution >= 4 is 9.84 Å². The Morgan fingerprint density at radius 1 is 1.22 bits per heavy atom. The molecule has 2 aliphatic heterocycles. The molecule has 0 radical (unpaired) electrons. The third-order valence-electron chi connectivity index (χ3n) is 4.87. The van der Waals surface area contributed by atoms with Crippen LogP contribution < -0.4 is 0 Å². The van der Waals surface area contributed by atoms with E-state index in [-0.39, 0.29) is 36.0 Å². The summed E-state index contributed by atoms with van der Waals surface area (Å²) in [6.07, 6.45) is 0. The summed E-state index contributed by atoms with van der Waals surface area (Å²) in [6.45, 7) is 4.25. The molecule has 2 saturated heterocycles. The molecule has 0 aromatic heterocycles. The van der Waals surface area contributed by atoms with Gasteiger partial charge in [0.25, 0.3) is 0 Å². The first-order valence-electron chi connectivity index (χ1n) is 7.94. The second kappa shape index (κ2) is 6.47. The normalized spacial score (nSPS) is 28.0. The van der Waals surface area contributed by atoms with Crippen LogP contribution in [0.1, 0.15) is 11.1 Å². The predicted octanol–water partition coefficient (Wildman–Crippen LogP) is 0.410. The molecule has 1 aromatic rings. The third-order valence-corrected chi connectivity index (χ3v) is 6.57.